The molecule has 0 saturated heterocycles. The molecule has 0 saturated carbocycles. The third-order valence-electron chi connectivity index (χ3n) is 4.04. The number of rotatable bonds is 3. The molecule has 2 N–H and O–H groups in total. The highest BCUT2D eigenvalue weighted by Gasteiger charge is 2.13. The fourth-order valence-corrected chi connectivity index (χ4v) is 2.63. The number of aromatic nitrogens is 4. The van der Waals surface area contributed by atoms with Crippen LogP contribution in [-0.2, 0) is 20.1 Å². The van der Waals surface area contributed by atoms with Gasteiger partial charge in [0.25, 0.3) is 0 Å². The van der Waals surface area contributed by atoms with Crippen molar-refractivity contribution in [3.05, 3.63) is 47.2 Å². The minimum absolute atomic E-state index is 0.572. The number of aryl methyl sites for hydroxylation is 2. The summed E-state index contributed by atoms with van der Waals surface area (Å²) in [4.78, 5) is 4.31. The van der Waals surface area contributed by atoms with E-state index in [0.717, 1.165) is 17.9 Å². The van der Waals surface area contributed by atoms with E-state index in [-0.39, 0.29) is 0 Å². The topological polar surface area (TPSA) is 61.7 Å². The molecule has 0 spiro atoms. The van der Waals surface area contributed by atoms with Gasteiger partial charge in [-0.15, -0.1) is 0 Å². The maximum absolute atomic E-state index is 5.74. The van der Waals surface area contributed by atoms with E-state index in [2.05, 4.69) is 46.7 Å². The Bertz CT molecular complexity index is 766. The van der Waals surface area contributed by atoms with Gasteiger partial charge in [0.2, 0.25) is 0 Å². The van der Waals surface area contributed by atoms with Gasteiger partial charge in [-0.3, -0.25) is 4.68 Å². The Morgan fingerprint density at radius 2 is 2.05 bits per heavy atom. The molecule has 3 aromatic rings. The summed E-state index contributed by atoms with van der Waals surface area (Å²) >= 11 is 0. The quantitative estimate of drug-likeness (QED) is 0.790. The molecule has 104 valence electrons. The summed E-state index contributed by atoms with van der Waals surface area (Å²) in [6.45, 7) is 5.61. The van der Waals surface area contributed by atoms with Crippen molar-refractivity contribution in [3.63, 3.8) is 0 Å². The lowest BCUT2D eigenvalue weighted by atomic mass is 10.1. The highest BCUT2D eigenvalue weighted by atomic mass is 15.3. The van der Waals surface area contributed by atoms with Crippen molar-refractivity contribution in [2.75, 3.05) is 0 Å². The molecule has 0 aliphatic heterocycles. The molecule has 2 aromatic heterocycles. The van der Waals surface area contributed by atoms with Gasteiger partial charge in [-0.05, 0) is 37.1 Å². The van der Waals surface area contributed by atoms with Gasteiger partial charge in [-0.1, -0.05) is 6.07 Å². The van der Waals surface area contributed by atoms with Crippen molar-refractivity contribution in [1.29, 1.82) is 0 Å². The van der Waals surface area contributed by atoms with E-state index in [0.29, 0.717) is 6.54 Å². The van der Waals surface area contributed by atoms with Gasteiger partial charge < -0.3 is 10.3 Å². The third-order valence-corrected chi connectivity index (χ3v) is 4.04. The zero-order valence-corrected chi connectivity index (χ0v) is 12.1. The van der Waals surface area contributed by atoms with Crippen LogP contribution < -0.4 is 5.73 Å². The highest BCUT2D eigenvalue weighted by molar-refractivity contribution is 5.86. The van der Waals surface area contributed by atoms with E-state index < -0.39 is 0 Å². The summed E-state index contributed by atoms with van der Waals surface area (Å²) in [5.74, 6) is 0.952. The van der Waals surface area contributed by atoms with Crippen LogP contribution in [0.5, 0.6) is 0 Å². The molecule has 0 aliphatic rings. The fourth-order valence-electron chi connectivity index (χ4n) is 2.63. The smallest absolute Gasteiger partial charge is 0.146 e. The summed E-state index contributed by atoms with van der Waals surface area (Å²) in [5.41, 5.74) is 10.7. The lowest BCUT2D eigenvalue weighted by molar-refractivity contribution is 0.656. The average molecular weight is 269 g/mol. The molecule has 3 rings (SSSR count). The van der Waals surface area contributed by atoms with E-state index in [1.54, 1.807) is 6.33 Å². The van der Waals surface area contributed by atoms with Gasteiger partial charge in [0.15, 0.2) is 0 Å². The van der Waals surface area contributed by atoms with Crippen LogP contribution in [0, 0.1) is 13.8 Å². The van der Waals surface area contributed by atoms with Crippen LogP contribution in [0.15, 0.2) is 24.5 Å². The number of hydrogen-bond donors (Lipinski definition) is 1. The Kier molecular flexibility index (Phi) is 3.06. The first-order valence-electron chi connectivity index (χ1n) is 6.73. The molecule has 0 fully saturated rings. The maximum atomic E-state index is 5.74. The lowest BCUT2D eigenvalue weighted by Crippen LogP contribution is -2.08. The maximum Gasteiger partial charge on any atom is 0.146 e. The van der Waals surface area contributed by atoms with Gasteiger partial charge in [0.1, 0.15) is 12.2 Å². The molecule has 2 heterocycles. The van der Waals surface area contributed by atoms with Gasteiger partial charge in [-0.25, -0.2) is 4.98 Å². The number of nitrogens with two attached hydrogens (primary N) is 1. The number of benzene rings is 1. The van der Waals surface area contributed by atoms with E-state index >= 15 is 0 Å². The predicted octanol–water partition coefficient (Wildman–Crippen LogP) is 1.89. The van der Waals surface area contributed by atoms with Crippen molar-refractivity contribution in [2.24, 2.45) is 12.8 Å². The zero-order valence-electron chi connectivity index (χ0n) is 12.1. The standard InChI is InChI=1S/C15H19N5/c1-10-11(2)20(8-15-17-9-18-19(15)3)14-5-4-12(7-16)6-13(10)14/h4-6,9H,7-8,16H2,1-3H3. The monoisotopic (exact) mass is 269 g/mol. The van der Waals surface area contributed by atoms with Crippen LogP contribution in [0.4, 0.5) is 0 Å². The summed E-state index contributed by atoms with van der Waals surface area (Å²) in [6.07, 6.45) is 1.59. The molecule has 20 heavy (non-hydrogen) atoms. The van der Waals surface area contributed by atoms with Crippen LogP contribution >= 0.6 is 0 Å². The summed E-state index contributed by atoms with van der Waals surface area (Å²) in [7, 11) is 1.92. The highest BCUT2D eigenvalue weighted by Crippen LogP contribution is 2.26. The average Bonchev–Trinajstić information content (AvgIpc) is 2.96. The largest absolute Gasteiger partial charge is 0.337 e. The van der Waals surface area contributed by atoms with Crippen LogP contribution in [0.2, 0.25) is 0 Å². The van der Waals surface area contributed by atoms with Crippen molar-refractivity contribution in [3.8, 4) is 0 Å². The number of fused-ring (bicyclic) bond motifs is 1. The summed E-state index contributed by atoms with van der Waals surface area (Å²) in [6, 6.07) is 6.42. The van der Waals surface area contributed by atoms with Gasteiger partial charge >= 0.3 is 0 Å². The van der Waals surface area contributed by atoms with E-state index in [1.165, 1.54) is 22.2 Å². The molecular weight excluding hydrogens is 250 g/mol. The Balaban J connectivity index is 2.15. The normalized spacial score (nSPS) is 11.4. The first kappa shape index (κ1) is 12.9. The first-order valence-corrected chi connectivity index (χ1v) is 6.73. The number of hydrogen-bond acceptors (Lipinski definition) is 3. The van der Waals surface area contributed by atoms with Gasteiger partial charge in [-0.2, -0.15) is 5.10 Å². The van der Waals surface area contributed by atoms with Gasteiger partial charge in [0, 0.05) is 30.2 Å². The fraction of sp³-hybridized carbons (Fsp3) is 0.333. The molecule has 0 bridgehead atoms. The summed E-state index contributed by atoms with van der Waals surface area (Å²) < 4.78 is 4.10. The predicted molar refractivity (Wildman–Crippen MR) is 79.4 cm³/mol. The Morgan fingerprint density at radius 3 is 2.70 bits per heavy atom. The van der Waals surface area contributed by atoms with E-state index in [9.17, 15) is 0 Å². The lowest BCUT2D eigenvalue weighted by Gasteiger charge is -2.08. The van der Waals surface area contributed by atoms with Crippen molar-refractivity contribution < 1.29 is 0 Å². The van der Waals surface area contributed by atoms with Crippen molar-refractivity contribution in [1.82, 2.24) is 19.3 Å². The second-order valence-corrected chi connectivity index (χ2v) is 5.15. The van der Waals surface area contributed by atoms with Crippen molar-refractivity contribution in [2.45, 2.75) is 26.9 Å². The Morgan fingerprint density at radius 1 is 1.25 bits per heavy atom. The van der Waals surface area contributed by atoms with E-state index in [1.807, 2.05) is 11.7 Å². The van der Waals surface area contributed by atoms with Crippen LogP contribution in [0.25, 0.3) is 10.9 Å². The first-order chi connectivity index (χ1) is 9.61. The zero-order chi connectivity index (χ0) is 14.3. The second-order valence-electron chi connectivity index (χ2n) is 5.15. The molecule has 0 radical (unpaired) electrons. The minimum atomic E-state index is 0.572. The van der Waals surface area contributed by atoms with Crippen LogP contribution in [0.1, 0.15) is 22.6 Å². The van der Waals surface area contributed by atoms with E-state index in [4.69, 9.17) is 5.73 Å². The molecule has 0 atom stereocenters. The minimum Gasteiger partial charge on any atom is -0.337 e. The molecule has 0 aliphatic carbocycles. The van der Waals surface area contributed by atoms with Crippen LogP contribution in [0.3, 0.4) is 0 Å². The molecule has 5 nitrogen and oxygen atoms in total. The molecule has 0 unspecified atom stereocenters. The van der Waals surface area contributed by atoms with Crippen LogP contribution in [-0.4, -0.2) is 19.3 Å². The second kappa shape index (κ2) is 4.76. The molecule has 5 heteroatoms. The molecule has 0 amide bonds. The SMILES string of the molecule is Cc1c(C)n(Cc2ncnn2C)c2ccc(CN)cc12. The summed E-state index contributed by atoms with van der Waals surface area (Å²) in [5, 5.41) is 5.40. The van der Waals surface area contributed by atoms with Gasteiger partial charge in [0.05, 0.1) is 6.54 Å². The Hall–Kier alpha value is -2.14. The molecular formula is C15H19N5. The Labute approximate surface area is 118 Å². The molecule has 1 aromatic carbocycles. The van der Waals surface area contributed by atoms with Crippen molar-refractivity contribution >= 4 is 10.9 Å². The third kappa shape index (κ3) is 1.91. The number of nitrogens with zero attached hydrogens (tertiary/aromatic N) is 4.